The van der Waals surface area contributed by atoms with Gasteiger partial charge in [0.15, 0.2) is 0 Å². The summed E-state index contributed by atoms with van der Waals surface area (Å²) in [6.07, 6.45) is 4.55. The number of hydrogen-bond acceptors (Lipinski definition) is 2. The fourth-order valence-corrected chi connectivity index (χ4v) is 2.94. The van der Waals surface area contributed by atoms with Gasteiger partial charge in [0.1, 0.15) is 9.84 Å². The van der Waals surface area contributed by atoms with Crippen molar-refractivity contribution in [2.75, 3.05) is 12.0 Å². The Kier molecular flexibility index (Phi) is 1.79. The lowest BCUT2D eigenvalue weighted by molar-refractivity contribution is 0.529. The van der Waals surface area contributed by atoms with Gasteiger partial charge in [0, 0.05) is 6.26 Å². The van der Waals surface area contributed by atoms with Gasteiger partial charge in [0.25, 0.3) is 0 Å². The zero-order chi connectivity index (χ0) is 7.83. The van der Waals surface area contributed by atoms with Gasteiger partial charge in [0.05, 0.1) is 5.75 Å². The van der Waals surface area contributed by atoms with E-state index in [0.717, 1.165) is 19.3 Å². The van der Waals surface area contributed by atoms with E-state index in [-0.39, 0.29) is 5.41 Å². The number of rotatable bonds is 3. The summed E-state index contributed by atoms with van der Waals surface area (Å²) in [5, 5.41) is 0. The van der Waals surface area contributed by atoms with Gasteiger partial charge in [-0.2, -0.15) is 0 Å². The van der Waals surface area contributed by atoms with Crippen molar-refractivity contribution in [1.82, 2.24) is 0 Å². The standard InChI is InChI=1S/C7H14O2S/c1-3-7(4-5-7)6-10(2,8)9/h3-6H2,1-2H3. The van der Waals surface area contributed by atoms with Crippen molar-refractivity contribution in [3.63, 3.8) is 0 Å². The van der Waals surface area contributed by atoms with Crippen LogP contribution in [0.4, 0.5) is 0 Å². The van der Waals surface area contributed by atoms with E-state index in [1.54, 1.807) is 0 Å². The SMILES string of the molecule is CCC1(CS(C)(=O)=O)CC1. The molecule has 0 spiro atoms. The van der Waals surface area contributed by atoms with Crippen LogP contribution in [0.1, 0.15) is 26.2 Å². The quantitative estimate of drug-likeness (QED) is 0.625. The van der Waals surface area contributed by atoms with Crippen LogP contribution in [0.5, 0.6) is 0 Å². The van der Waals surface area contributed by atoms with Crippen LogP contribution in [0.2, 0.25) is 0 Å². The first-order chi connectivity index (χ1) is 4.47. The predicted octanol–water partition coefficient (Wildman–Crippen LogP) is 1.22. The molecule has 0 atom stereocenters. The minimum Gasteiger partial charge on any atom is -0.229 e. The second kappa shape index (κ2) is 2.22. The van der Waals surface area contributed by atoms with Gasteiger partial charge >= 0.3 is 0 Å². The van der Waals surface area contributed by atoms with Crippen LogP contribution in [0, 0.1) is 5.41 Å². The molecule has 1 rings (SSSR count). The Morgan fingerprint density at radius 3 is 2.00 bits per heavy atom. The molecule has 1 fully saturated rings. The molecule has 0 bridgehead atoms. The van der Waals surface area contributed by atoms with Gasteiger partial charge in [0.2, 0.25) is 0 Å². The Hall–Kier alpha value is -0.0500. The Morgan fingerprint density at radius 2 is 1.90 bits per heavy atom. The van der Waals surface area contributed by atoms with Crippen LogP contribution in [0.15, 0.2) is 0 Å². The third-order valence-corrected chi connectivity index (χ3v) is 3.41. The van der Waals surface area contributed by atoms with Crippen molar-refractivity contribution < 1.29 is 8.42 Å². The molecule has 0 heterocycles. The van der Waals surface area contributed by atoms with Crippen molar-refractivity contribution in [3.8, 4) is 0 Å². The Bertz CT molecular complexity index is 212. The normalized spacial score (nSPS) is 22.6. The van der Waals surface area contributed by atoms with Crippen molar-refractivity contribution in [2.45, 2.75) is 26.2 Å². The van der Waals surface area contributed by atoms with Crippen LogP contribution < -0.4 is 0 Å². The van der Waals surface area contributed by atoms with E-state index in [1.165, 1.54) is 6.26 Å². The van der Waals surface area contributed by atoms with Crippen molar-refractivity contribution >= 4 is 9.84 Å². The van der Waals surface area contributed by atoms with Gasteiger partial charge in [-0.1, -0.05) is 6.92 Å². The molecule has 3 heteroatoms. The van der Waals surface area contributed by atoms with Crippen molar-refractivity contribution in [3.05, 3.63) is 0 Å². The fraction of sp³-hybridized carbons (Fsp3) is 1.00. The predicted molar refractivity (Wildman–Crippen MR) is 41.7 cm³/mol. The monoisotopic (exact) mass is 162 g/mol. The molecule has 0 unspecified atom stereocenters. The molecule has 1 saturated carbocycles. The van der Waals surface area contributed by atoms with Crippen LogP contribution in [-0.4, -0.2) is 20.4 Å². The van der Waals surface area contributed by atoms with Gasteiger partial charge in [-0.25, -0.2) is 8.42 Å². The molecular formula is C7H14O2S. The molecule has 2 nitrogen and oxygen atoms in total. The second-order valence-electron chi connectivity index (χ2n) is 3.42. The molecule has 0 aromatic rings. The van der Waals surface area contributed by atoms with Gasteiger partial charge in [-0.05, 0) is 24.7 Å². The molecule has 10 heavy (non-hydrogen) atoms. The molecule has 0 aromatic carbocycles. The number of hydrogen-bond donors (Lipinski definition) is 0. The lowest BCUT2D eigenvalue weighted by atomic mass is 10.1. The van der Waals surface area contributed by atoms with Crippen molar-refractivity contribution in [2.24, 2.45) is 5.41 Å². The molecule has 0 aliphatic heterocycles. The molecule has 1 aliphatic carbocycles. The Labute approximate surface area is 62.5 Å². The fourth-order valence-electron chi connectivity index (χ4n) is 1.33. The summed E-state index contributed by atoms with van der Waals surface area (Å²) >= 11 is 0. The minimum atomic E-state index is -2.73. The average molecular weight is 162 g/mol. The highest BCUT2D eigenvalue weighted by Gasteiger charge is 2.43. The average Bonchev–Trinajstić information content (AvgIpc) is 2.45. The molecule has 0 radical (unpaired) electrons. The summed E-state index contributed by atoms with van der Waals surface area (Å²) in [6, 6.07) is 0. The first-order valence-electron chi connectivity index (χ1n) is 3.65. The largest absolute Gasteiger partial charge is 0.229 e. The molecule has 0 saturated heterocycles. The molecule has 60 valence electrons. The Morgan fingerprint density at radius 1 is 1.40 bits per heavy atom. The lowest BCUT2D eigenvalue weighted by Crippen LogP contribution is -2.14. The summed E-state index contributed by atoms with van der Waals surface area (Å²) in [4.78, 5) is 0. The Balaban J connectivity index is 2.54. The molecule has 0 aromatic heterocycles. The maximum Gasteiger partial charge on any atom is 0.148 e. The molecular weight excluding hydrogens is 148 g/mol. The van der Waals surface area contributed by atoms with Gasteiger partial charge in [-0.15, -0.1) is 0 Å². The first kappa shape index (κ1) is 8.05. The highest BCUT2D eigenvalue weighted by molar-refractivity contribution is 7.90. The van der Waals surface area contributed by atoms with E-state index in [0.29, 0.717) is 5.75 Å². The van der Waals surface area contributed by atoms with E-state index in [2.05, 4.69) is 6.92 Å². The van der Waals surface area contributed by atoms with Crippen LogP contribution in [0.25, 0.3) is 0 Å². The summed E-state index contributed by atoms with van der Waals surface area (Å²) in [6.45, 7) is 2.07. The zero-order valence-corrected chi connectivity index (χ0v) is 7.37. The summed E-state index contributed by atoms with van der Waals surface area (Å²) < 4.78 is 21.7. The van der Waals surface area contributed by atoms with E-state index in [1.807, 2.05) is 0 Å². The highest BCUT2D eigenvalue weighted by Crippen LogP contribution is 2.49. The zero-order valence-electron chi connectivity index (χ0n) is 6.55. The van der Waals surface area contributed by atoms with Gasteiger partial charge < -0.3 is 0 Å². The summed E-state index contributed by atoms with van der Waals surface area (Å²) in [5.74, 6) is 0.399. The molecule has 1 aliphatic rings. The third-order valence-electron chi connectivity index (χ3n) is 2.28. The third kappa shape index (κ3) is 1.97. The van der Waals surface area contributed by atoms with E-state index >= 15 is 0 Å². The minimum absolute atomic E-state index is 0.188. The van der Waals surface area contributed by atoms with E-state index in [9.17, 15) is 8.42 Å². The highest BCUT2D eigenvalue weighted by atomic mass is 32.2. The maximum atomic E-state index is 10.8. The topological polar surface area (TPSA) is 34.1 Å². The smallest absolute Gasteiger partial charge is 0.148 e. The first-order valence-corrected chi connectivity index (χ1v) is 5.71. The van der Waals surface area contributed by atoms with Crippen LogP contribution in [0.3, 0.4) is 0 Å². The van der Waals surface area contributed by atoms with E-state index in [4.69, 9.17) is 0 Å². The summed E-state index contributed by atoms with van der Waals surface area (Å²) in [7, 11) is -2.73. The second-order valence-corrected chi connectivity index (χ2v) is 5.56. The van der Waals surface area contributed by atoms with Crippen LogP contribution in [-0.2, 0) is 9.84 Å². The molecule has 0 amide bonds. The van der Waals surface area contributed by atoms with Gasteiger partial charge in [-0.3, -0.25) is 0 Å². The summed E-state index contributed by atoms with van der Waals surface area (Å²) in [5.41, 5.74) is 0.188. The van der Waals surface area contributed by atoms with Crippen molar-refractivity contribution in [1.29, 1.82) is 0 Å². The lowest BCUT2D eigenvalue weighted by Gasteiger charge is -2.08. The van der Waals surface area contributed by atoms with Crippen LogP contribution >= 0.6 is 0 Å². The number of sulfone groups is 1. The maximum absolute atomic E-state index is 10.8. The molecule has 0 N–H and O–H groups in total. The van der Waals surface area contributed by atoms with E-state index < -0.39 is 9.84 Å².